The van der Waals surface area contributed by atoms with E-state index >= 15 is 0 Å². The van der Waals surface area contributed by atoms with Gasteiger partial charge in [-0.2, -0.15) is 0 Å². The minimum Gasteiger partial charge on any atom is -0.485 e. The van der Waals surface area contributed by atoms with Gasteiger partial charge in [0.15, 0.2) is 11.4 Å². The summed E-state index contributed by atoms with van der Waals surface area (Å²) in [5, 5.41) is 3.60. The monoisotopic (exact) mass is 385 g/mol. The highest BCUT2D eigenvalue weighted by molar-refractivity contribution is 5.63. The second kappa shape index (κ2) is 8.82. The maximum Gasteiger partial charge on any atom is 0.181 e. The van der Waals surface area contributed by atoms with Crippen LogP contribution < -0.4 is 10.1 Å². The quantitative estimate of drug-likeness (QED) is 0.421. The van der Waals surface area contributed by atoms with Gasteiger partial charge in [-0.25, -0.2) is 4.98 Å². The van der Waals surface area contributed by atoms with Crippen molar-refractivity contribution in [3.05, 3.63) is 95.8 Å². The smallest absolute Gasteiger partial charge is 0.181 e. The Hall–Kier alpha value is -3.27. The van der Waals surface area contributed by atoms with E-state index in [-0.39, 0.29) is 0 Å². The normalized spacial score (nSPS) is 11.1. The largest absolute Gasteiger partial charge is 0.485 e. The number of nitrogens with zero attached hydrogens (tertiary/aromatic N) is 2. The van der Waals surface area contributed by atoms with Crippen molar-refractivity contribution in [1.82, 2.24) is 9.38 Å². The first kappa shape index (κ1) is 19.1. The summed E-state index contributed by atoms with van der Waals surface area (Å²) in [6.07, 6.45) is 2.96. The fourth-order valence-electron chi connectivity index (χ4n) is 3.44. The van der Waals surface area contributed by atoms with Gasteiger partial charge in [0.05, 0.1) is 5.69 Å². The predicted molar refractivity (Wildman–Crippen MR) is 118 cm³/mol. The first-order chi connectivity index (χ1) is 14.2. The molecule has 0 radical (unpaired) electrons. The fourth-order valence-corrected chi connectivity index (χ4v) is 3.44. The van der Waals surface area contributed by atoms with E-state index < -0.39 is 0 Å². The second-order valence-electron chi connectivity index (χ2n) is 7.68. The molecule has 0 aliphatic carbocycles. The van der Waals surface area contributed by atoms with Crippen molar-refractivity contribution in [2.45, 2.75) is 33.4 Å². The summed E-state index contributed by atoms with van der Waals surface area (Å²) in [5.74, 6) is 2.36. The van der Waals surface area contributed by atoms with Crippen molar-refractivity contribution in [3.8, 4) is 5.75 Å². The molecule has 0 fully saturated rings. The molecule has 0 unspecified atom stereocenters. The van der Waals surface area contributed by atoms with E-state index in [9.17, 15) is 0 Å². The van der Waals surface area contributed by atoms with Gasteiger partial charge in [-0.05, 0) is 35.6 Å². The highest BCUT2D eigenvalue weighted by atomic mass is 16.5. The molecule has 0 spiro atoms. The third-order valence-corrected chi connectivity index (χ3v) is 4.83. The molecule has 0 aliphatic heterocycles. The van der Waals surface area contributed by atoms with Gasteiger partial charge in [-0.1, -0.05) is 74.5 Å². The molecule has 1 N–H and O–H groups in total. The summed E-state index contributed by atoms with van der Waals surface area (Å²) < 4.78 is 8.24. The molecule has 148 valence electrons. The number of hydrogen-bond donors (Lipinski definition) is 1. The van der Waals surface area contributed by atoms with Crippen molar-refractivity contribution >= 4 is 11.5 Å². The van der Waals surface area contributed by atoms with E-state index in [2.05, 4.69) is 66.2 Å². The Morgan fingerprint density at radius 3 is 2.28 bits per heavy atom. The van der Waals surface area contributed by atoms with Crippen LogP contribution in [0.1, 0.15) is 30.7 Å². The molecule has 0 atom stereocenters. The zero-order valence-corrected chi connectivity index (χ0v) is 17.0. The maximum atomic E-state index is 6.13. The highest BCUT2D eigenvalue weighted by Gasteiger charge is 2.16. The minimum absolute atomic E-state index is 0.519. The molecule has 4 rings (SSSR count). The molecule has 4 heteroatoms. The Balaban J connectivity index is 1.63. The molecule has 2 aromatic carbocycles. The molecule has 0 saturated carbocycles. The molecule has 0 bridgehead atoms. The number of benzene rings is 2. The number of anilines is 1. The number of nitrogens with one attached hydrogen (secondary N) is 1. The summed E-state index contributed by atoms with van der Waals surface area (Å²) in [6.45, 7) is 5.73. The first-order valence-electron chi connectivity index (χ1n) is 10.1. The van der Waals surface area contributed by atoms with Gasteiger partial charge in [-0.15, -0.1) is 0 Å². The second-order valence-corrected chi connectivity index (χ2v) is 7.68. The van der Waals surface area contributed by atoms with Crippen LogP contribution in [-0.4, -0.2) is 9.38 Å². The van der Waals surface area contributed by atoms with Crippen molar-refractivity contribution in [2.24, 2.45) is 5.92 Å². The standard InChI is InChI=1S/C25H27N3O/c1-19(2)16-22-24(26-17-20-10-5-3-6-11-20)28-15-9-14-23(25(28)27-22)29-18-21-12-7-4-8-13-21/h3-15,19,26H,16-18H2,1-2H3. The van der Waals surface area contributed by atoms with Crippen LogP contribution in [0.4, 0.5) is 5.82 Å². The lowest BCUT2D eigenvalue weighted by Gasteiger charge is -2.11. The topological polar surface area (TPSA) is 38.6 Å². The van der Waals surface area contributed by atoms with Crippen molar-refractivity contribution in [2.75, 3.05) is 5.32 Å². The molecule has 29 heavy (non-hydrogen) atoms. The summed E-state index contributed by atoms with van der Waals surface area (Å²) in [5.41, 5.74) is 4.32. The molecule has 0 saturated heterocycles. The van der Waals surface area contributed by atoms with Gasteiger partial charge < -0.3 is 10.1 Å². The summed E-state index contributed by atoms with van der Waals surface area (Å²) in [6, 6.07) is 24.7. The third-order valence-electron chi connectivity index (χ3n) is 4.83. The Kier molecular flexibility index (Phi) is 5.80. The fraction of sp³-hybridized carbons (Fsp3) is 0.240. The van der Waals surface area contributed by atoms with Gasteiger partial charge in [0, 0.05) is 12.7 Å². The van der Waals surface area contributed by atoms with Crippen LogP contribution in [0, 0.1) is 5.92 Å². The van der Waals surface area contributed by atoms with Gasteiger partial charge >= 0.3 is 0 Å². The van der Waals surface area contributed by atoms with E-state index in [1.54, 1.807) is 0 Å². The van der Waals surface area contributed by atoms with Crippen molar-refractivity contribution in [1.29, 1.82) is 0 Å². The molecule has 4 nitrogen and oxygen atoms in total. The van der Waals surface area contributed by atoms with Gasteiger partial charge in [-0.3, -0.25) is 4.40 Å². The lowest BCUT2D eigenvalue weighted by Crippen LogP contribution is -2.06. The number of pyridine rings is 1. The summed E-state index contributed by atoms with van der Waals surface area (Å²) in [7, 11) is 0. The zero-order valence-electron chi connectivity index (χ0n) is 17.0. The molecule has 0 amide bonds. The van der Waals surface area contributed by atoms with Crippen LogP contribution in [0.3, 0.4) is 0 Å². The number of imidazole rings is 1. The average molecular weight is 386 g/mol. The first-order valence-corrected chi connectivity index (χ1v) is 10.1. The Bertz CT molecular complexity index is 1060. The minimum atomic E-state index is 0.519. The number of fused-ring (bicyclic) bond motifs is 1. The SMILES string of the molecule is CC(C)Cc1nc2c(OCc3ccccc3)cccn2c1NCc1ccccc1. The molecule has 4 aromatic rings. The molecule has 2 heterocycles. The van der Waals surface area contributed by atoms with Crippen LogP contribution in [0.25, 0.3) is 5.65 Å². The van der Waals surface area contributed by atoms with Crippen LogP contribution in [0.5, 0.6) is 5.75 Å². The average Bonchev–Trinajstić information content (AvgIpc) is 3.09. The highest BCUT2D eigenvalue weighted by Crippen LogP contribution is 2.28. The number of ether oxygens (including phenoxy) is 1. The zero-order chi connectivity index (χ0) is 20.1. The maximum absolute atomic E-state index is 6.13. The van der Waals surface area contributed by atoms with Crippen LogP contribution >= 0.6 is 0 Å². The van der Waals surface area contributed by atoms with Crippen molar-refractivity contribution in [3.63, 3.8) is 0 Å². The summed E-state index contributed by atoms with van der Waals surface area (Å²) in [4.78, 5) is 4.95. The van der Waals surface area contributed by atoms with E-state index in [0.717, 1.165) is 41.4 Å². The predicted octanol–water partition coefficient (Wildman–Crippen LogP) is 5.72. The number of rotatable bonds is 8. The van der Waals surface area contributed by atoms with Gasteiger partial charge in [0.2, 0.25) is 0 Å². The Labute approximate surface area is 172 Å². The molecular weight excluding hydrogens is 358 g/mol. The summed E-state index contributed by atoms with van der Waals surface area (Å²) >= 11 is 0. The Morgan fingerprint density at radius 1 is 0.897 bits per heavy atom. The molecule has 0 aliphatic rings. The van der Waals surface area contributed by atoms with Gasteiger partial charge in [0.1, 0.15) is 12.4 Å². The molecular formula is C25H27N3O. The third kappa shape index (κ3) is 4.60. The lowest BCUT2D eigenvalue weighted by molar-refractivity contribution is 0.308. The number of aromatic nitrogens is 2. The van der Waals surface area contributed by atoms with Crippen LogP contribution in [0.15, 0.2) is 79.0 Å². The lowest BCUT2D eigenvalue weighted by atomic mass is 10.1. The van der Waals surface area contributed by atoms with E-state index in [1.165, 1.54) is 5.56 Å². The van der Waals surface area contributed by atoms with E-state index in [4.69, 9.17) is 9.72 Å². The molecule has 2 aromatic heterocycles. The number of hydrogen-bond acceptors (Lipinski definition) is 3. The van der Waals surface area contributed by atoms with Crippen LogP contribution in [0.2, 0.25) is 0 Å². The van der Waals surface area contributed by atoms with Crippen LogP contribution in [-0.2, 0) is 19.6 Å². The van der Waals surface area contributed by atoms with Crippen molar-refractivity contribution < 1.29 is 4.74 Å². The van der Waals surface area contributed by atoms with Gasteiger partial charge in [0.25, 0.3) is 0 Å². The van der Waals surface area contributed by atoms with E-state index in [1.807, 2.05) is 36.4 Å². The van der Waals surface area contributed by atoms with E-state index in [0.29, 0.717) is 12.5 Å². The Morgan fingerprint density at radius 2 is 1.59 bits per heavy atom.